The maximum atomic E-state index is 13.3. The molecular weight excluding hydrogens is 285 g/mol. The Morgan fingerprint density at radius 3 is 2.62 bits per heavy atom. The number of rotatable bonds is 1. The summed E-state index contributed by atoms with van der Waals surface area (Å²) < 4.78 is 41.2. The highest BCUT2D eigenvalue weighted by Crippen LogP contribution is 2.41. The first kappa shape index (κ1) is 13.6. The Bertz CT molecular complexity index is 721. The van der Waals surface area contributed by atoms with Crippen LogP contribution in [0.1, 0.15) is 11.4 Å². The molecule has 2 aromatic rings. The molecule has 0 aliphatic carbocycles. The molecule has 3 rings (SSSR count). The summed E-state index contributed by atoms with van der Waals surface area (Å²) in [7, 11) is 0. The lowest BCUT2D eigenvalue weighted by atomic mass is 10.1. The molecule has 0 fully saturated rings. The van der Waals surface area contributed by atoms with E-state index in [1.165, 1.54) is 29.2 Å². The first-order chi connectivity index (χ1) is 9.88. The number of hydroxylamine groups is 1. The van der Waals surface area contributed by atoms with E-state index in [1.54, 1.807) is 6.92 Å². The summed E-state index contributed by atoms with van der Waals surface area (Å²) in [5.41, 5.74) is -0.603. The number of aromatic nitrogens is 2. The fourth-order valence-corrected chi connectivity index (χ4v) is 2.25. The summed E-state index contributed by atoms with van der Waals surface area (Å²) >= 11 is 0. The van der Waals surface area contributed by atoms with Gasteiger partial charge in [0.25, 0.3) is 0 Å². The standard InChI is InChI=1S/C13H11F3N4O/c1-8-17-2-4-19(8)11-7-10-12(20(21)5-3-18-10)6-9(11)13(14,15)16/h2-4,6-7,21H,5H2,1H3. The monoisotopic (exact) mass is 296 g/mol. The number of hydrogen-bond donors (Lipinski definition) is 1. The van der Waals surface area contributed by atoms with E-state index in [1.807, 2.05) is 0 Å². The van der Waals surface area contributed by atoms with Gasteiger partial charge in [-0.15, -0.1) is 0 Å². The van der Waals surface area contributed by atoms with E-state index >= 15 is 0 Å². The topological polar surface area (TPSA) is 53.7 Å². The zero-order valence-corrected chi connectivity index (χ0v) is 11.0. The minimum atomic E-state index is -4.55. The van der Waals surface area contributed by atoms with Crippen LogP contribution < -0.4 is 5.06 Å². The highest BCUT2D eigenvalue weighted by atomic mass is 19.4. The van der Waals surface area contributed by atoms with Gasteiger partial charge >= 0.3 is 6.18 Å². The van der Waals surface area contributed by atoms with Crippen LogP contribution in [0.25, 0.3) is 5.69 Å². The van der Waals surface area contributed by atoms with Crippen molar-refractivity contribution in [3.05, 3.63) is 35.9 Å². The lowest BCUT2D eigenvalue weighted by Gasteiger charge is -2.24. The van der Waals surface area contributed by atoms with Crippen molar-refractivity contribution >= 4 is 17.6 Å². The first-order valence-corrected chi connectivity index (χ1v) is 6.12. The number of imidazole rings is 1. The molecule has 0 saturated carbocycles. The van der Waals surface area contributed by atoms with Gasteiger partial charge < -0.3 is 4.57 Å². The Morgan fingerprint density at radius 1 is 1.24 bits per heavy atom. The van der Waals surface area contributed by atoms with Crippen molar-refractivity contribution in [3.8, 4) is 5.69 Å². The number of aliphatic imine (C=N–C) groups is 1. The van der Waals surface area contributed by atoms with E-state index in [0.29, 0.717) is 5.82 Å². The van der Waals surface area contributed by atoms with Gasteiger partial charge in [0.2, 0.25) is 0 Å². The molecule has 1 aromatic heterocycles. The Labute approximate surface area is 117 Å². The molecular formula is C13H11F3N4O. The predicted molar refractivity (Wildman–Crippen MR) is 70.6 cm³/mol. The van der Waals surface area contributed by atoms with Gasteiger partial charge in [0.1, 0.15) is 5.82 Å². The van der Waals surface area contributed by atoms with Crippen molar-refractivity contribution in [2.45, 2.75) is 13.1 Å². The van der Waals surface area contributed by atoms with Gasteiger partial charge in [0, 0.05) is 18.6 Å². The summed E-state index contributed by atoms with van der Waals surface area (Å²) in [5, 5.41) is 10.4. The molecule has 8 heteroatoms. The van der Waals surface area contributed by atoms with Crippen molar-refractivity contribution in [2.75, 3.05) is 11.6 Å². The van der Waals surface area contributed by atoms with Crippen molar-refractivity contribution in [3.63, 3.8) is 0 Å². The number of halogens is 3. The second kappa shape index (κ2) is 4.59. The Balaban J connectivity index is 2.29. The molecule has 0 spiro atoms. The van der Waals surface area contributed by atoms with E-state index in [9.17, 15) is 18.4 Å². The number of anilines is 1. The van der Waals surface area contributed by atoms with Gasteiger partial charge in [-0.2, -0.15) is 13.2 Å². The molecule has 0 bridgehead atoms. The molecule has 0 saturated heterocycles. The van der Waals surface area contributed by atoms with Crippen LogP contribution in [-0.2, 0) is 6.18 Å². The summed E-state index contributed by atoms with van der Waals surface area (Å²) in [6, 6.07) is 2.20. The SMILES string of the molecule is Cc1nccn1-c1cc2c(cc1C(F)(F)F)N(O)CC=N2. The third-order valence-electron chi connectivity index (χ3n) is 3.25. The minimum Gasteiger partial charge on any atom is -0.303 e. The zero-order chi connectivity index (χ0) is 15.2. The fourth-order valence-electron chi connectivity index (χ4n) is 2.25. The van der Waals surface area contributed by atoms with Crippen molar-refractivity contribution in [1.82, 2.24) is 9.55 Å². The molecule has 0 amide bonds. The molecule has 5 nitrogen and oxygen atoms in total. The summed E-state index contributed by atoms with van der Waals surface area (Å²) in [4.78, 5) is 7.98. The Kier molecular flexibility index (Phi) is 2.98. The molecule has 1 aliphatic rings. The van der Waals surface area contributed by atoms with E-state index < -0.39 is 11.7 Å². The molecule has 1 aliphatic heterocycles. The van der Waals surface area contributed by atoms with Gasteiger partial charge in [0.15, 0.2) is 0 Å². The van der Waals surface area contributed by atoms with Crippen LogP contribution in [0.4, 0.5) is 24.5 Å². The van der Waals surface area contributed by atoms with E-state index in [0.717, 1.165) is 11.1 Å². The average Bonchev–Trinajstić information content (AvgIpc) is 2.83. The molecule has 2 heterocycles. The maximum absolute atomic E-state index is 13.3. The number of benzene rings is 1. The zero-order valence-electron chi connectivity index (χ0n) is 11.0. The van der Waals surface area contributed by atoms with Crippen molar-refractivity contribution < 1.29 is 18.4 Å². The van der Waals surface area contributed by atoms with Gasteiger partial charge in [0.05, 0.1) is 29.2 Å². The van der Waals surface area contributed by atoms with Crippen LogP contribution in [0.2, 0.25) is 0 Å². The van der Waals surface area contributed by atoms with Crippen LogP contribution in [-0.4, -0.2) is 27.5 Å². The van der Waals surface area contributed by atoms with Gasteiger partial charge in [-0.3, -0.25) is 10.2 Å². The molecule has 0 atom stereocenters. The van der Waals surface area contributed by atoms with Crippen LogP contribution in [0.3, 0.4) is 0 Å². The minimum absolute atomic E-state index is 0.0337. The summed E-state index contributed by atoms with van der Waals surface area (Å²) in [6.45, 7) is 1.66. The van der Waals surface area contributed by atoms with Crippen molar-refractivity contribution in [2.24, 2.45) is 4.99 Å². The molecule has 0 radical (unpaired) electrons. The van der Waals surface area contributed by atoms with E-state index in [2.05, 4.69) is 9.98 Å². The largest absolute Gasteiger partial charge is 0.418 e. The van der Waals surface area contributed by atoms with Crippen molar-refractivity contribution in [1.29, 1.82) is 0 Å². The molecule has 110 valence electrons. The Morgan fingerprint density at radius 2 is 2.00 bits per heavy atom. The lowest BCUT2D eigenvalue weighted by molar-refractivity contribution is -0.137. The van der Waals surface area contributed by atoms with E-state index in [-0.39, 0.29) is 23.6 Å². The molecule has 1 N–H and O–H groups in total. The van der Waals surface area contributed by atoms with Crippen LogP contribution in [0.15, 0.2) is 29.5 Å². The van der Waals surface area contributed by atoms with Crippen LogP contribution >= 0.6 is 0 Å². The first-order valence-electron chi connectivity index (χ1n) is 6.12. The van der Waals surface area contributed by atoms with Gasteiger partial charge in [-0.1, -0.05) is 0 Å². The average molecular weight is 296 g/mol. The fraction of sp³-hybridized carbons (Fsp3) is 0.231. The lowest BCUT2D eigenvalue weighted by Crippen LogP contribution is -2.24. The summed E-state index contributed by atoms with van der Waals surface area (Å²) in [6.07, 6.45) is -0.241. The number of alkyl halides is 3. The molecule has 21 heavy (non-hydrogen) atoms. The number of fused-ring (bicyclic) bond motifs is 1. The number of hydrogen-bond acceptors (Lipinski definition) is 4. The highest BCUT2D eigenvalue weighted by Gasteiger charge is 2.36. The normalized spacial score (nSPS) is 14.4. The van der Waals surface area contributed by atoms with Gasteiger partial charge in [-0.25, -0.2) is 10.0 Å². The third kappa shape index (κ3) is 2.27. The quantitative estimate of drug-likeness (QED) is 0.879. The summed E-state index contributed by atoms with van der Waals surface area (Å²) in [5.74, 6) is 0.432. The van der Waals surface area contributed by atoms with Crippen LogP contribution in [0, 0.1) is 6.92 Å². The predicted octanol–water partition coefficient (Wildman–Crippen LogP) is 3.11. The molecule has 1 aromatic carbocycles. The smallest absolute Gasteiger partial charge is 0.303 e. The third-order valence-corrected chi connectivity index (χ3v) is 3.25. The Hall–Kier alpha value is -2.35. The van der Waals surface area contributed by atoms with Gasteiger partial charge in [-0.05, 0) is 19.1 Å². The maximum Gasteiger partial charge on any atom is 0.418 e. The molecule has 0 unspecified atom stereocenters. The number of aryl methyl sites for hydroxylation is 1. The van der Waals surface area contributed by atoms with Crippen LogP contribution in [0.5, 0.6) is 0 Å². The van der Waals surface area contributed by atoms with E-state index in [4.69, 9.17) is 0 Å². The second-order valence-corrected chi connectivity index (χ2v) is 4.59. The second-order valence-electron chi connectivity index (χ2n) is 4.59. The highest BCUT2D eigenvalue weighted by molar-refractivity contribution is 5.82. The number of nitrogens with zero attached hydrogens (tertiary/aromatic N) is 4.